The Labute approximate surface area is 183 Å². The molecular formula is C26H41NO3. The van der Waals surface area contributed by atoms with E-state index in [0.29, 0.717) is 11.5 Å². The lowest BCUT2D eigenvalue weighted by molar-refractivity contribution is -0.118. The van der Waals surface area contributed by atoms with Crippen LogP contribution in [0, 0.1) is 11.8 Å². The maximum atomic E-state index is 11.8. The Balaban J connectivity index is 4.68. The number of allylic oxidation sites excluding steroid dienone is 9. The summed E-state index contributed by atoms with van der Waals surface area (Å²) in [5, 5.41) is 22.1. The summed E-state index contributed by atoms with van der Waals surface area (Å²) in [5.74, 6) is 0.343. The molecule has 0 aliphatic rings. The molecule has 4 atom stereocenters. The van der Waals surface area contributed by atoms with Crippen molar-refractivity contribution in [3.05, 3.63) is 71.4 Å². The summed E-state index contributed by atoms with van der Waals surface area (Å²) >= 11 is 0. The minimum Gasteiger partial charge on any atom is -0.394 e. The number of amides is 1. The number of aliphatic hydroxyl groups is 2. The molecule has 30 heavy (non-hydrogen) atoms. The van der Waals surface area contributed by atoms with Crippen LogP contribution >= 0.6 is 0 Å². The normalized spacial score (nSPS) is 18.2. The van der Waals surface area contributed by atoms with E-state index in [1.165, 1.54) is 0 Å². The van der Waals surface area contributed by atoms with Gasteiger partial charge < -0.3 is 15.5 Å². The van der Waals surface area contributed by atoms with Crippen LogP contribution in [-0.4, -0.2) is 34.9 Å². The summed E-state index contributed by atoms with van der Waals surface area (Å²) in [6.45, 7) is 13.8. The summed E-state index contributed by atoms with van der Waals surface area (Å²) in [4.78, 5) is 11.8. The summed E-state index contributed by atoms with van der Waals surface area (Å²) in [7, 11) is 0. The van der Waals surface area contributed by atoms with E-state index in [-0.39, 0.29) is 24.5 Å². The Morgan fingerprint density at radius 1 is 0.967 bits per heavy atom. The quantitative estimate of drug-likeness (QED) is 0.238. The van der Waals surface area contributed by atoms with Crippen molar-refractivity contribution in [1.82, 2.24) is 5.32 Å². The molecule has 4 unspecified atom stereocenters. The van der Waals surface area contributed by atoms with Crippen molar-refractivity contribution < 1.29 is 15.0 Å². The van der Waals surface area contributed by atoms with Crippen molar-refractivity contribution in [2.45, 2.75) is 67.0 Å². The van der Waals surface area contributed by atoms with Gasteiger partial charge in [0.1, 0.15) is 0 Å². The average Bonchev–Trinajstić information content (AvgIpc) is 2.71. The molecule has 0 aliphatic carbocycles. The van der Waals surface area contributed by atoms with Crippen LogP contribution in [0.1, 0.15) is 54.9 Å². The summed E-state index contributed by atoms with van der Waals surface area (Å²) < 4.78 is 0. The SMILES string of the molecule is CCC(C)C=C(C)C(O)C(C)C=C(C)C=CC=CC=CC=C(C)C(=O)NC(C)CO. The highest BCUT2D eigenvalue weighted by Gasteiger charge is 2.14. The Morgan fingerprint density at radius 3 is 2.17 bits per heavy atom. The van der Waals surface area contributed by atoms with E-state index in [1.807, 2.05) is 51.2 Å². The highest BCUT2D eigenvalue weighted by Crippen LogP contribution is 2.18. The molecule has 0 aliphatic heterocycles. The van der Waals surface area contributed by atoms with Gasteiger partial charge in [-0.1, -0.05) is 87.4 Å². The predicted molar refractivity (Wildman–Crippen MR) is 128 cm³/mol. The third-order valence-corrected chi connectivity index (χ3v) is 4.84. The first kappa shape index (κ1) is 27.8. The minimum atomic E-state index is -0.464. The van der Waals surface area contributed by atoms with E-state index in [0.717, 1.165) is 17.6 Å². The third kappa shape index (κ3) is 12.4. The number of hydrogen-bond donors (Lipinski definition) is 3. The molecule has 0 aromatic carbocycles. The third-order valence-electron chi connectivity index (χ3n) is 4.84. The number of rotatable bonds is 12. The fourth-order valence-electron chi connectivity index (χ4n) is 2.70. The van der Waals surface area contributed by atoms with E-state index in [1.54, 1.807) is 26.0 Å². The van der Waals surface area contributed by atoms with E-state index in [9.17, 15) is 9.90 Å². The van der Waals surface area contributed by atoms with Crippen LogP contribution in [0.15, 0.2) is 71.4 Å². The zero-order valence-electron chi connectivity index (χ0n) is 19.7. The van der Waals surface area contributed by atoms with Crippen molar-refractivity contribution in [3.63, 3.8) is 0 Å². The van der Waals surface area contributed by atoms with E-state index < -0.39 is 6.10 Å². The van der Waals surface area contributed by atoms with Gasteiger partial charge in [0.05, 0.1) is 12.7 Å². The van der Waals surface area contributed by atoms with Crippen molar-refractivity contribution in [2.24, 2.45) is 11.8 Å². The maximum absolute atomic E-state index is 11.8. The largest absolute Gasteiger partial charge is 0.394 e. The van der Waals surface area contributed by atoms with Crippen molar-refractivity contribution in [1.29, 1.82) is 0 Å². The van der Waals surface area contributed by atoms with Gasteiger partial charge in [0.25, 0.3) is 0 Å². The number of nitrogens with one attached hydrogen (secondary N) is 1. The highest BCUT2D eigenvalue weighted by atomic mass is 16.3. The van der Waals surface area contributed by atoms with Gasteiger partial charge in [-0.15, -0.1) is 0 Å². The molecule has 4 heteroatoms. The lowest BCUT2D eigenvalue weighted by Gasteiger charge is -2.18. The van der Waals surface area contributed by atoms with Crippen LogP contribution in [-0.2, 0) is 4.79 Å². The molecule has 0 spiro atoms. The first-order valence-corrected chi connectivity index (χ1v) is 10.8. The van der Waals surface area contributed by atoms with Crippen molar-refractivity contribution in [2.75, 3.05) is 6.61 Å². The van der Waals surface area contributed by atoms with Crippen LogP contribution in [0.5, 0.6) is 0 Å². The van der Waals surface area contributed by atoms with E-state index in [4.69, 9.17) is 5.11 Å². The molecule has 0 heterocycles. The van der Waals surface area contributed by atoms with Crippen LogP contribution in [0.25, 0.3) is 0 Å². The number of aliphatic hydroxyl groups excluding tert-OH is 2. The smallest absolute Gasteiger partial charge is 0.247 e. The van der Waals surface area contributed by atoms with Gasteiger partial charge >= 0.3 is 0 Å². The van der Waals surface area contributed by atoms with Gasteiger partial charge in [-0.05, 0) is 39.2 Å². The zero-order chi connectivity index (χ0) is 23.1. The molecule has 0 radical (unpaired) electrons. The molecule has 3 N–H and O–H groups in total. The Bertz CT molecular complexity index is 695. The minimum absolute atomic E-state index is 0.0478. The van der Waals surface area contributed by atoms with Gasteiger partial charge in [-0.3, -0.25) is 4.79 Å². The Hall–Kier alpha value is -2.17. The molecule has 0 fully saturated rings. The maximum Gasteiger partial charge on any atom is 0.247 e. The van der Waals surface area contributed by atoms with Crippen LogP contribution < -0.4 is 5.32 Å². The zero-order valence-corrected chi connectivity index (χ0v) is 19.7. The van der Waals surface area contributed by atoms with E-state index >= 15 is 0 Å². The molecule has 168 valence electrons. The topological polar surface area (TPSA) is 69.6 Å². The molecule has 1 amide bonds. The van der Waals surface area contributed by atoms with Crippen LogP contribution in [0.2, 0.25) is 0 Å². The van der Waals surface area contributed by atoms with Gasteiger partial charge in [-0.2, -0.15) is 0 Å². The second-order valence-corrected chi connectivity index (χ2v) is 8.05. The lowest BCUT2D eigenvalue weighted by atomic mass is 9.93. The molecule has 0 aromatic heterocycles. The van der Waals surface area contributed by atoms with Gasteiger partial charge in [0.2, 0.25) is 5.91 Å². The fraction of sp³-hybridized carbons (Fsp3) is 0.500. The first-order valence-electron chi connectivity index (χ1n) is 10.8. The Kier molecular flexibility index (Phi) is 14.5. The monoisotopic (exact) mass is 415 g/mol. The molecule has 0 aromatic rings. The molecule has 0 saturated carbocycles. The molecule has 0 rings (SSSR count). The predicted octanol–water partition coefficient (Wildman–Crippen LogP) is 5.03. The van der Waals surface area contributed by atoms with Gasteiger partial charge in [0.15, 0.2) is 0 Å². The fourth-order valence-corrected chi connectivity index (χ4v) is 2.70. The van der Waals surface area contributed by atoms with Gasteiger partial charge in [-0.25, -0.2) is 0 Å². The average molecular weight is 416 g/mol. The standard InChI is InChI=1S/C26H41NO3/c1-8-19(2)16-22(5)25(29)23(6)17-20(3)14-12-10-9-11-13-15-21(4)26(30)27-24(7)18-28/h9-17,19,23-25,28-29H,8,18H2,1-7H3,(H,27,30). The molecular weight excluding hydrogens is 374 g/mol. The number of hydrogen-bond acceptors (Lipinski definition) is 3. The Morgan fingerprint density at radius 2 is 1.57 bits per heavy atom. The summed E-state index contributed by atoms with van der Waals surface area (Å²) in [6.07, 6.45) is 18.0. The summed E-state index contributed by atoms with van der Waals surface area (Å²) in [6, 6.07) is -0.255. The second kappa shape index (κ2) is 15.6. The molecule has 0 saturated heterocycles. The van der Waals surface area contributed by atoms with Crippen molar-refractivity contribution in [3.8, 4) is 0 Å². The number of carbonyl (C=O) groups is 1. The van der Waals surface area contributed by atoms with E-state index in [2.05, 4.69) is 31.3 Å². The lowest BCUT2D eigenvalue weighted by Crippen LogP contribution is -2.35. The summed E-state index contributed by atoms with van der Waals surface area (Å²) in [5.41, 5.74) is 2.70. The van der Waals surface area contributed by atoms with Gasteiger partial charge in [0, 0.05) is 17.5 Å². The second-order valence-electron chi connectivity index (χ2n) is 8.05. The van der Waals surface area contributed by atoms with Crippen molar-refractivity contribution >= 4 is 5.91 Å². The molecule has 4 nitrogen and oxygen atoms in total. The first-order chi connectivity index (χ1) is 14.1. The molecule has 0 bridgehead atoms. The number of carbonyl (C=O) groups excluding carboxylic acids is 1. The highest BCUT2D eigenvalue weighted by molar-refractivity contribution is 5.93. The van der Waals surface area contributed by atoms with Crippen LogP contribution in [0.4, 0.5) is 0 Å². The van der Waals surface area contributed by atoms with Crippen LogP contribution in [0.3, 0.4) is 0 Å².